The van der Waals surface area contributed by atoms with Crippen molar-refractivity contribution in [2.45, 2.75) is 11.8 Å². The number of benzene rings is 3. The molecule has 0 spiro atoms. The van der Waals surface area contributed by atoms with E-state index in [2.05, 4.69) is 5.32 Å². The van der Waals surface area contributed by atoms with Gasteiger partial charge in [-0.2, -0.15) is 0 Å². The minimum atomic E-state index is -4.05. The molecule has 0 aliphatic carbocycles. The number of amides is 1. The SMILES string of the molecule is COc1ccc(S(=O)(=O)N(CC(=O)Nc2c(Cl)cccc2Cl)c2ccc(C)cc2)cc1. The van der Waals surface area contributed by atoms with Crippen molar-refractivity contribution in [3.8, 4) is 5.75 Å². The second-order valence-electron chi connectivity index (χ2n) is 6.67. The molecular weight excluding hydrogens is 459 g/mol. The standard InChI is InChI=1S/C22H20Cl2N2O4S/c1-15-6-8-16(9-7-15)26(31(28,29)18-12-10-17(30-2)11-13-18)14-21(27)25-22-19(23)4-3-5-20(22)24/h3-13H,14H2,1-2H3,(H,25,27). The molecule has 0 heterocycles. The van der Waals surface area contributed by atoms with Crippen LogP contribution in [0.2, 0.25) is 10.0 Å². The van der Waals surface area contributed by atoms with Crippen LogP contribution in [-0.2, 0) is 14.8 Å². The fourth-order valence-corrected chi connectivity index (χ4v) is 4.74. The summed E-state index contributed by atoms with van der Waals surface area (Å²) in [5.74, 6) is -0.0698. The van der Waals surface area contributed by atoms with Gasteiger partial charge in [0.05, 0.1) is 33.4 Å². The molecule has 3 rings (SSSR count). The van der Waals surface area contributed by atoms with Crippen molar-refractivity contribution in [2.75, 3.05) is 23.3 Å². The highest BCUT2D eigenvalue weighted by atomic mass is 35.5. The highest BCUT2D eigenvalue weighted by Gasteiger charge is 2.27. The van der Waals surface area contributed by atoms with Crippen LogP contribution in [0.5, 0.6) is 5.75 Å². The second-order valence-corrected chi connectivity index (χ2v) is 9.34. The molecule has 3 aromatic rings. The number of methoxy groups -OCH3 is 1. The third kappa shape index (κ3) is 5.31. The van der Waals surface area contributed by atoms with E-state index in [1.54, 1.807) is 54.6 Å². The summed E-state index contributed by atoms with van der Waals surface area (Å²) in [5, 5.41) is 3.10. The van der Waals surface area contributed by atoms with Crippen LogP contribution in [0.15, 0.2) is 71.6 Å². The fourth-order valence-electron chi connectivity index (χ4n) is 2.83. The average Bonchev–Trinajstić information content (AvgIpc) is 2.75. The number of hydrogen-bond donors (Lipinski definition) is 1. The topological polar surface area (TPSA) is 75.7 Å². The van der Waals surface area contributed by atoms with Crippen molar-refractivity contribution >= 4 is 50.5 Å². The number of rotatable bonds is 7. The zero-order chi connectivity index (χ0) is 22.6. The summed E-state index contributed by atoms with van der Waals surface area (Å²) in [4.78, 5) is 12.8. The van der Waals surface area contributed by atoms with E-state index in [4.69, 9.17) is 27.9 Å². The molecule has 6 nitrogen and oxygen atoms in total. The number of nitrogens with one attached hydrogen (secondary N) is 1. The largest absolute Gasteiger partial charge is 0.497 e. The molecular formula is C22H20Cl2N2O4S. The molecule has 0 aromatic heterocycles. The number of sulfonamides is 1. The molecule has 0 fully saturated rings. The Morgan fingerprint density at radius 3 is 2.10 bits per heavy atom. The third-order valence-corrected chi connectivity index (χ3v) is 6.90. The molecule has 1 N–H and O–H groups in total. The minimum absolute atomic E-state index is 0.0254. The summed E-state index contributed by atoms with van der Waals surface area (Å²) in [5.41, 5.74) is 1.53. The quantitative estimate of drug-likeness (QED) is 0.509. The molecule has 0 aliphatic rings. The van der Waals surface area contributed by atoms with Crippen LogP contribution in [0, 0.1) is 6.92 Å². The summed E-state index contributed by atoms with van der Waals surface area (Å²) in [7, 11) is -2.56. The summed E-state index contributed by atoms with van der Waals surface area (Å²) >= 11 is 12.2. The van der Waals surface area contributed by atoms with Crippen LogP contribution in [0.25, 0.3) is 0 Å². The normalized spacial score (nSPS) is 11.1. The number of hydrogen-bond acceptors (Lipinski definition) is 4. The summed E-state index contributed by atoms with van der Waals surface area (Å²) in [6.07, 6.45) is 0. The Balaban J connectivity index is 1.96. The number of aryl methyl sites for hydroxylation is 1. The predicted octanol–water partition coefficient (Wildman–Crippen LogP) is 5.14. The number of halogens is 2. The molecule has 0 saturated carbocycles. The first-order valence-electron chi connectivity index (χ1n) is 9.19. The third-order valence-electron chi connectivity index (χ3n) is 4.48. The Morgan fingerprint density at radius 1 is 0.968 bits per heavy atom. The Bertz CT molecular complexity index is 1160. The van der Waals surface area contributed by atoms with Gasteiger partial charge in [-0.15, -0.1) is 0 Å². The van der Waals surface area contributed by atoms with E-state index in [-0.39, 0.29) is 20.6 Å². The van der Waals surface area contributed by atoms with Gasteiger partial charge in [-0.25, -0.2) is 8.42 Å². The Hall–Kier alpha value is -2.74. The molecule has 162 valence electrons. The molecule has 31 heavy (non-hydrogen) atoms. The van der Waals surface area contributed by atoms with E-state index in [9.17, 15) is 13.2 Å². The van der Waals surface area contributed by atoms with Gasteiger partial charge < -0.3 is 10.1 Å². The number of nitrogens with zero attached hydrogens (tertiary/aromatic N) is 1. The molecule has 0 aliphatic heterocycles. The van der Waals surface area contributed by atoms with E-state index in [1.807, 2.05) is 6.92 Å². The molecule has 9 heteroatoms. The lowest BCUT2D eigenvalue weighted by molar-refractivity contribution is -0.114. The van der Waals surface area contributed by atoms with Crippen LogP contribution < -0.4 is 14.4 Å². The van der Waals surface area contributed by atoms with E-state index >= 15 is 0 Å². The number of para-hydroxylation sites is 1. The van der Waals surface area contributed by atoms with E-state index in [0.29, 0.717) is 11.4 Å². The lowest BCUT2D eigenvalue weighted by Gasteiger charge is -2.24. The van der Waals surface area contributed by atoms with Crippen molar-refractivity contribution in [3.05, 3.63) is 82.3 Å². The van der Waals surface area contributed by atoms with Gasteiger partial charge in [0.25, 0.3) is 10.0 Å². The predicted molar refractivity (Wildman–Crippen MR) is 124 cm³/mol. The van der Waals surface area contributed by atoms with Gasteiger partial charge in [-0.1, -0.05) is 47.0 Å². The van der Waals surface area contributed by atoms with Gasteiger partial charge in [0, 0.05) is 0 Å². The van der Waals surface area contributed by atoms with Crippen molar-refractivity contribution in [2.24, 2.45) is 0 Å². The van der Waals surface area contributed by atoms with Crippen LogP contribution in [0.3, 0.4) is 0 Å². The molecule has 0 bridgehead atoms. The van der Waals surface area contributed by atoms with Crippen LogP contribution in [0.4, 0.5) is 11.4 Å². The number of ether oxygens (including phenoxy) is 1. The van der Waals surface area contributed by atoms with Gasteiger partial charge in [-0.05, 0) is 55.5 Å². The van der Waals surface area contributed by atoms with E-state index in [1.165, 1.54) is 19.2 Å². The van der Waals surface area contributed by atoms with Gasteiger partial charge in [0.2, 0.25) is 5.91 Å². The Labute approximate surface area is 191 Å². The van der Waals surface area contributed by atoms with Gasteiger partial charge >= 0.3 is 0 Å². The zero-order valence-electron chi connectivity index (χ0n) is 16.8. The van der Waals surface area contributed by atoms with Crippen LogP contribution in [-0.4, -0.2) is 28.0 Å². The monoisotopic (exact) mass is 478 g/mol. The molecule has 3 aromatic carbocycles. The second kappa shape index (κ2) is 9.60. The Kier molecular flexibility index (Phi) is 7.10. The highest BCUT2D eigenvalue weighted by molar-refractivity contribution is 7.92. The summed E-state index contributed by atoms with van der Waals surface area (Å²) in [6.45, 7) is 1.41. The zero-order valence-corrected chi connectivity index (χ0v) is 19.1. The average molecular weight is 479 g/mol. The molecule has 0 saturated heterocycles. The Morgan fingerprint density at radius 2 is 1.55 bits per heavy atom. The van der Waals surface area contributed by atoms with Crippen molar-refractivity contribution in [1.82, 2.24) is 0 Å². The highest BCUT2D eigenvalue weighted by Crippen LogP contribution is 2.30. The van der Waals surface area contributed by atoms with Crippen molar-refractivity contribution < 1.29 is 17.9 Å². The van der Waals surface area contributed by atoms with E-state index < -0.39 is 22.5 Å². The maximum atomic E-state index is 13.4. The van der Waals surface area contributed by atoms with Gasteiger partial charge in [0.15, 0.2) is 0 Å². The first-order valence-corrected chi connectivity index (χ1v) is 11.4. The lowest BCUT2D eigenvalue weighted by Crippen LogP contribution is -2.38. The summed E-state index contributed by atoms with van der Waals surface area (Å²) < 4.78 is 32.9. The molecule has 1 amide bonds. The molecule has 0 atom stereocenters. The van der Waals surface area contributed by atoms with Crippen LogP contribution >= 0.6 is 23.2 Å². The number of anilines is 2. The van der Waals surface area contributed by atoms with Crippen molar-refractivity contribution in [1.29, 1.82) is 0 Å². The minimum Gasteiger partial charge on any atom is -0.497 e. The summed E-state index contributed by atoms with van der Waals surface area (Å²) in [6, 6.07) is 17.6. The number of carbonyl (C=O) groups is 1. The maximum absolute atomic E-state index is 13.4. The van der Waals surface area contributed by atoms with Gasteiger partial charge in [0.1, 0.15) is 12.3 Å². The lowest BCUT2D eigenvalue weighted by atomic mass is 10.2. The molecule has 0 radical (unpaired) electrons. The smallest absolute Gasteiger partial charge is 0.264 e. The number of carbonyl (C=O) groups excluding carboxylic acids is 1. The van der Waals surface area contributed by atoms with E-state index in [0.717, 1.165) is 9.87 Å². The maximum Gasteiger partial charge on any atom is 0.264 e. The first-order chi connectivity index (χ1) is 14.7. The van der Waals surface area contributed by atoms with Gasteiger partial charge in [-0.3, -0.25) is 9.10 Å². The first kappa shape index (κ1) is 22.9. The van der Waals surface area contributed by atoms with Crippen LogP contribution in [0.1, 0.15) is 5.56 Å². The van der Waals surface area contributed by atoms with Crippen molar-refractivity contribution in [3.63, 3.8) is 0 Å². The fraction of sp³-hybridized carbons (Fsp3) is 0.136. The molecule has 0 unspecified atom stereocenters.